The van der Waals surface area contributed by atoms with E-state index in [2.05, 4.69) is 0 Å². The van der Waals surface area contributed by atoms with Crippen LogP contribution in [0.1, 0.15) is 45.4 Å². The number of hydrogen-bond acceptors (Lipinski definition) is 2. The maximum Gasteiger partial charge on any atom is 0.305 e. The van der Waals surface area contributed by atoms with E-state index < -0.39 is 5.97 Å². The SMILES string of the molecule is C[C@@H](CC(=O)O)OC1CCCCC1. The van der Waals surface area contributed by atoms with E-state index in [1.165, 1.54) is 19.3 Å². The van der Waals surface area contributed by atoms with Crippen molar-refractivity contribution in [1.82, 2.24) is 0 Å². The molecule has 1 aliphatic carbocycles. The summed E-state index contributed by atoms with van der Waals surface area (Å²) >= 11 is 0. The molecule has 0 saturated heterocycles. The lowest BCUT2D eigenvalue weighted by Crippen LogP contribution is -2.24. The van der Waals surface area contributed by atoms with E-state index in [0.717, 1.165) is 12.8 Å². The molecule has 1 N–H and O–H groups in total. The quantitative estimate of drug-likeness (QED) is 0.732. The molecule has 3 heteroatoms. The first kappa shape index (κ1) is 10.5. The van der Waals surface area contributed by atoms with Crippen LogP contribution in [0.5, 0.6) is 0 Å². The fourth-order valence-electron chi connectivity index (χ4n) is 1.82. The van der Waals surface area contributed by atoms with Gasteiger partial charge in [-0.3, -0.25) is 4.79 Å². The summed E-state index contributed by atoms with van der Waals surface area (Å²) in [4.78, 5) is 10.4. The number of aliphatic carboxylic acids is 1. The van der Waals surface area contributed by atoms with Crippen molar-refractivity contribution in [2.45, 2.75) is 57.7 Å². The summed E-state index contributed by atoms with van der Waals surface area (Å²) in [5, 5.41) is 8.53. The molecule has 1 fully saturated rings. The van der Waals surface area contributed by atoms with E-state index in [1.54, 1.807) is 0 Å². The van der Waals surface area contributed by atoms with Gasteiger partial charge in [0, 0.05) is 0 Å². The van der Waals surface area contributed by atoms with Crippen LogP contribution in [0.4, 0.5) is 0 Å². The number of hydrogen-bond donors (Lipinski definition) is 1. The third kappa shape index (κ3) is 4.27. The Balaban J connectivity index is 2.18. The summed E-state index contributed by atoms with van der Waals surface area (Å²) in [5.74, 6) is -0.775. The predicted octanol–water partition coefficient (Wildman–Crippen LogP) is 2.20. The molecule has 0 amide bonds. The Morgan fingerprint density at radius 3 is 2.62 bits per heavy atom. The van der Waals surface area contributed by atoms with E-state index in [-0.39, 0.29) is 12.5 Å². The highest BCUT2D eigenvalue weighted by atomic mass is 16.5. The van der Waals surface area contributed by atoms with Crippen molar-refractivity contribution in [2.75, 3.05) is 0 Å². The Morgan fingerprint density at radius 2 is 2.08 bits per heavy atom. The Morgan fingerprint density at radius 1 is 1.46 bits per heavy atom. The summed E-state index contributed by atoms with van der Waals surface area (Å²) in [6.45, 7) is 1.84. The second kappa shape index (κ2) is 5.22. The zero-order valence-corrected chi connectivity index (χ0v) is 8.16. The Hall–Kier alpha value is -0.570. The number of ether oxygens (including phenoxy) is 1. The van der Waals surface area contributed by atoms with Crippen molar-refractivity contribution in [1.29, 1.82) is 0 Å². The second-order valence-electron chi connectivity index (χ2n) is 3.80. The fraction of sp³-hybridized carbons (Fsp3) is 0.900. The van der Waals surface area contributed by atoms with Gasteiger partial charge < -0.3 is 9.84 Å². The van der Waals surface area contributed by atoms with Gasteiger partial charge in [0.1, 0.15) is 0 Å². The summed E-state index contributed by atoms with van der Waals surface area (Å²) in [7, 11) is 0. The number of carbonyl (C=O) groups is 1. The van der Waals surface area contributed by atoms with Gasteiger partial charge in [-0.15, -0.1) is 0 Å². The third-order valence-corrected chi connectivity index (χ3v) is 2.44. The third-order valence-electron chi connectivity index (χ3n) is 2.44. The minimum absolute atomic E-state index is 0.122. The molecule has 76 valence electrons. The molecule has 1 atom stereocenters. The lowest BCUT2D eigenvalue weighted by atomic mass is 9.97. The molecule has 0 aromatic rings. The average Bonchev–Trinajstić information content (AvgIpc) is 2.04. The number of carboxylic acid groups (broad SMARTS) is 1. The van der Waals surface area contributed by atoms with Crippen molar-refractivity contribution >= 4 is 5.97 Å². The van der Waals surface area contributed by atoms with E-state index in [9.17, 15) is 4.79 Å². The first-order chi connectivity index (χ1) is 6.18. The molecular formula is C10H18O3. The standard InChI is InChI=1S/C10H18O3/c1-8(7-10(11)12)13-9-5-3-2-4-6-9/h8-9H,2-7H2,1H3,(H,11,12)/t8-/m0/s1. The van der Waals surface area contributed by atoms with E-state index in [0.29, 0.717) is 6.10 Å². The molecule has 0 aromatic heterocycles. The molecular weight excluding hydrogens is 168 g/mol. The Labute approximate surface area is 79.1 Å². The summed E-state index contributed by atoms with van der Waals surface area (Å²) in [6.07, 6.45) is 6.25. The topological polar surface area (TPSA) is 46.5 Å². The summed E-state index contributed by atoms with van der Waals surface area (Å²) < 4.78 is 5.62. The van der Waals surface area contributed by atoms with Gasteiger partial charge in [0.2, 0.25) is 0 Å². The predicted molar refractivity (Wildman–Crippen MR) is 49.7 cm³/mol. The normalized spacial score (nSPS) is 21.3. The fourth-order valence-corrected chi connectivity index (χ4v) is 1.82. The van der Waals surface area contributed by atoms with Gasteiger partial charge in [0.05, 0.1) is 18.6 Å². The van der Waals surface area contributed by atoms with Crippen LogP contribution in [-0.2, 0) is 9.53 Å². The highest BCUT2D eigenvalue weighted by Crippen LogP contribution is 2.21. The van der Waals surface area contributed by atoms with Gasteiger partial charge in [-0.1, -0.05) is 19.3 Å². The van der Waals surface area contributed by atoms with Gasteiger partial charge in [0.15, 0.2) is 0 Å². The highest BCUT2D eigenvalue weighted by molar-refractivity contribution is 5.67. The van der Waals surface area contributed by atoms with Crippen LogP contribution in [0.3, 0.4) is 0 Å². The van der Waals surface area contributed by atoms with E-state index in [1.807, 2.05) is 6.92 Å². The maximum absolute atomic E-state index is 10.4. The van der Waals surface area contributed by atoms with Crippen LogP contribution in [-0.4, -0.2) is 23.3 Å². The minimum Gasteiger partial charge on any atom is -0.481 e. The average molecular weight is 186 g/mol. The molecule has 0 radical (unpaired) electrons. The molecule has 0 spiro atoms. The van der Waals surface area contributed by atoms with Crippen molar-refractivity contribution in [2.24, 2.45) is 0 Å². The monoisotopic (exact) mass is 186 g/mol. The molecule has 13 heavy (non-hydrogen) atoms. The van der Waals surface area contributed by atoms with Gasteiger partial charge in [0.25, 0.3) is 0 Å². The molecule has 0 aliphatic heterocycles. The molecule has 1 saturated carbocycles. The van der Waals surface area contributed by atoms with E-state index >= 15 is 0 Å². The molecule has 1 aliphatic rings. The Kier molecular flexibility index (Phi) is 4.22. The Bertz CT molecular complexity index is 162. The molecule has 0 aromatic carbocycles. The van der Waals surface area contributed by atoms with Crippen molar-refractivity contribution in [3.05, 3.63) is 0 Å². The van der Waals surface area contributed by atoms with Crippen molar-refractivity contribution in [3.63, 3.8) is 0 Å². The molecule has 1 rings (SSSR count). The molecule has 3 nitrogen and oxygen atoms in total. The van der Waals surface area contributed by atoms with Gasteiger partial charge in [-0.25, -0.2) is 0 Å². The lowest BCUT2D eigenvalue weighted by molar-refractivity contribution is -0.141. The molecule has 0 heterocycles. The first-order valence-electron chi connectivity index (χ1n) is 5.05. The zero-order valence-electron chi connectivity index (χ0n) is 8.16. The van der Waals surface area contributed by atoms with E-state index in [4.69, 9.17) is 9.84 Å². The largest absolute Gasteiger partial charge is 0.481 e. The van der Waals surface area contributed by atoms with Crippen molar-refractivity contribution in [3.8, 4) is 0 Å². The summed E-state index contributed by atoms with van der Waals surface area (Å²) in [6, 6.07) is 0. The van der Waals surface area contributed by atoms with Gasteiger partial charge in [-0.2, -0.15) is 0 Å². The summed E-state index contributed by atoms with van der Waals surface area (Å²) in [5.41, 5.74) is 0. The number of rotatable bonds is 4. The van der Waals surface area contributed by atoms with Crippen molar-refractivity contribution < 1.29 is 14.6 Å². The molecule has 0 bridgehead atoms. The minimum atomic E-state index is -0.775. The maximum atomic E-state index is 10.4. The van der Waals surface area contributed by atoms with Gasteiger partial charge in [-0.05, 0) is 19.8 Å². The zero-order chi connectivity index (χ0) is 9.68. The van der Waals surface area contributed by atoms with Crippen LogP contribution in [0, 0.1) is 0 Å². The lowest BCUT2D eigenvalue weighted by Gasteiger charge is -2.24. The van der Waals surface area contributed by atoms with Crippen LogP contribution in [0.25, 0.3) is 0 Å². The van der Waals surface area contributed by atoms with Crippen LogP contribution in [0.2, 0.25) is 0 Å². The number of carboxylic acids is 1. The second-order valence-corrected chi connectivity index (χ2v) is 3.80. The smallest absolute Gasteiger partial charge is 0.305 e. The van der Waals surface area contributed by atoms with Gasteiger partial charge >= 0.3 is 5.97 Å². The molecule has 0 unspecified atom stereocenters. The van der Waals surface area contributed by atoms with Crippen LogP contribution >= 0.6 is 0 Å². The van der Waals surface area contributed by atoms with Crippen LogP contribution in [0.15, 0.2) is 0 Å². The highest BCUT2D eigenvalue weighted by Gasteiger charge is 2.17. The van der Waals surface area contributed by atoms with Crippen LogP contribution < -0.4 is 0 Å². The first-order valence-corrected chi connectivity index (χ1v) is 5.05.